The summed E-state index contributed by atoms with van der Waals surface area (Å²) in [6, 6.07) is 5.60. The molecule has 1 aromatic rings. The maximum atomic E-state index is 11.6. The van der Waals surface area contributed by atoms with Gasteiger partial charge in [0.1, 0.15) is 0 Å². The van der Waals surface area contributed by atoms with Crippen molar-refractivity contribution in [2.45, 2.75) is 25.4 Å². The van der Waals surface area contributed by atoms with Crippen LogP contribution in [0.15, 0.2) is 24.3 Å². The number of amides is 1. The van der Waals surface area contributed by atoms with Crippen molar-refractivity contribution in [2.75, 3.05) is 19.8 Å². The van der Waals surface area contributed by atoms with Crippen molar-refractivity contribution >= 4 is 17.6 Å². The summed E-state index contributed by atoms with van der Waals surface area (Å²) in [5.41, 5.74) is 0.538. The number of benzene rings is 1. The van der Waals surface area contributed by atoms with Crippen LogP contribution in [-0.2, 0) is 25.5 Å². The number of non-ortho nitro benzene ring substituents is 1. The summed E-state index contributed by atoms with van der Waals surface area (Å²) in [6.07, 6.45) is 1.90. The molecule has 1 aliphatic heterocycles. The van der Waals surface area contributed by atoms with E-state index in [0.29, 0.717) is 18.7 Å². The van der Waals surface area contributed by atoms with Crippen LogP contribution in [0.2, 0.25) is 0 Å². The Morgan fingerprint density at radius 3 is 2.70 bits per heavy atom. The van der Waals surface area contributed by atoms with Gasteiger partial charge in [-0.2, -0.15) is 0 Å². The van der Waals surface area contributed by atoms with Gasteiger partial charge in [-0.25, -0.2) is 0 Å². The number of ether oxygens (including phenoxy) is 2. The lowest BCUT2D eigenvalue weighted by atomic mass is 10.1. The molecule has 23 heavy (non-hydrogen) atoms. The van der Waals surface area contributed by atoms with Gasteiger partial charge >= 0.3 is 5.97 Å². The molecule has 1 heterocycles. The lowest BCUT2D eigenvalue weighted by molar-refractivity contribution is -0.384. The molecule has 8 nitrogen and oxygen atoms in total. The van der Waals surface area contributed by atoms with Gasteiger partial charge in [0.2, 0.25) is 0 Å². The van der Waals surface area contributed by atoms with Crippen LogP contribution >= 0.6 is 0 Å². The van der Waals surface area contributed by atoms with E-state index in [1.165, 1.54) is 24.3 Å². The molecule has 1 aliphatic rings. The third-order valence-electron chi connectivity index (χ3n) is 3.41. The molecule has 1 aromatic carbocycles. The number of nitro benzene ring substituents is 1. The van der Waals surface area contributed by atoms with Gasteiger partial charge < -0.3 is 14.8 Å². The summed E-state index contributed by atoms with van der Waals surface area (Å²) in [4.78, 5) is 33.2. The second kappa shape index (κ2) is 8.23. The molecule has 1 saturated heterocycles. The quantitative estimate of drug-likeness (QED) is 0.455. The maximum Gasteiger partial charge on any atom is 0.310 e. The molecule has 0 spiro atoms. The normalized spacial score (nSPS) is 16.8. The van der Waals surface area contributed by atoms with E-state index >= 15 is 0 Å². The van der Waals surface area contributed by atoms with Gasteiger partial charge in [0.25, 0.3) is 11.6 Å². The highest BCUT2D eigenvalue weighted by Gasteiger charge is 2.16. The van der Waals surface area contributed by atoms with Gasteiger partial charge in [-0.15, -0.1) is 0 Å². The zero-order valence-electron chi connectivity index (χ0n) is 12.5. The average Bonchev–Trinajstić information content (AvgIpc) is 3.05. The van der Waals surface area contributed by atoms with Gasteiger partial charge in [0.15, 0.2) is 6.61 Å². The Morgan fingerprint density at radius 1 is 1.35 bits per heavy atom. The van der Waals surface area contributed by atoms with Crippen LogP contribution in [0.4, 0.5) is 5.69 Å². The van der Waals surface area contributed by atoms with Crippen LogP contribution in [0.25, 0.3) is 0 Å². The van der Waals surface area contributed by atoms with E-state index in [-0.39, 0.29) is 30.7 Å². The van der Waals surface area contributed by atoms with E-state index in [9.17, 15) is 19.7 Å². The van der Waals surface area contributed by atoms with Crippen LogP contribution in [0.1, 0.15) is 18.4 Å². The Bertz CT molecular complexity index is 566. The van der Waals surface area contributed by atoms with Crippen molar-refractivity contribution in [3.63, 3.8) is 0 Å². The van der Waals surface area contributed by atoms with Gasteiger partial charge in [-0.3, -0.25) is 19.7 Å². The van der Waals surface area contributed by atoms with Crippen LogP contribution in [0.5, 0.6) is 0 Å². The lowest BCUT2D eigenvalue weighted by Gasteiger charge is -2.11. The number of carbonyl (C=O) groups excluding carboxylic acids is 2. The summed E-state index contributed by atoms with van der Waals surface area (Å²) < 4.78 is 10.2. The molecule has 124 valence electrons. The number of hydrogen-bond donors (Lipinski definition) is 1. The molecule has 0 aromatic heterocycles. The van der Waals surface area contributed by atoms with Gasteiger partial charge in [0, 0.05) is 25.3 Å². The van der Waals surface area contributed by atoms with E-state index in [2.05, 4.69) is 5.32 Å². The summed E-state index contributed by atoms with van der Waals surface area (Å²) in [5.74, 6) is -0.941. The fraction of sp³-hybridized carbons (Fsp3) is 0.467. The zero-order valence-corrected chi connectivity index (χ0v) is 12.5. The molecule has 1 unspecified atom stereocenters. The van der Waals surface area contributed by atoms with Crippen molar-refractivity contribution in [1.82, 2.24) is 5.32 Å². The minimum atomic E-state index is -0.564. The Kier molecular flexibility index (Phi) is 6.04. The van der Waals surface area contributed by atoms with Crippen molar-refractivity contribution in [3.8, 4) is 0 Å². The molecular formula is C15H18N2O6. The molecule has 0 bridgehead atoms. The summed E-state index contributed by atoms with van der Waals surface area (Å²) in [5, 5.41) is 13.2. The van der Waals surface area contributed by atoms with E-state index in [1.807, 2.05) is 0 Å². The van der Waals surface area contributed by atoms with Crippen molar-refractivity contribution < 1.29 is 24.0 Å². The van der Waals surface area contributed by atoms with Crippen LogP contribution in [0.3, 0.4) is 0 Å². The fourth-order valence-corrected chi connectivity index (χ4v) is 2.18. The molecule has 0 aliphatic carbocycles. The van der Waals surface area contributed by atoms with E-state index in [0.717, 1.165) is 12.8 Å². The predicted octanol–water partition coefficient (Wildman–Crippen LogP) is 0.976. The molecule has 1 atom stereocenters. The first-order chi connectivity index (χ1) is 11.0. The highest BCUT2D eigenvalue weighted by atomic mass is 16.6. The number of carbonyl (C=O) groups is 2. The van der Waals surface area contributed by atoms with Crippen LogP contribution in [-0.4, -0.2) is 42.7 Å². The third kappa shape index (κ3) is 5.67. The SMILES string of the molecule is O=C(COC(=O)Cc1ccc([N+](=O)[O-])cc1)NCC1CCCO1. The van der Waals surface area contributed by atoms with E-state index < -0.39 is 10.9 Å². The predicted molar refractivity (Wildman–Crippen MR) is 79.7 cm³/mol. The molecule has 1 amide bonds. The number of rotatable bonds is 7. The Balaban J connectivity index is 1.67. The Labute approximate surface area is 132 Å². The highest BCUT2D eigenvalue weighted by molar-refractivity contribution is 5.81. The minimum Gasteiger partial charge on any atom is -0.455 e. The van der Waals surface area contributed by atoms with Crippen LogP contribution in [0, 0.1) is 10.1 Å². The first-order valence-electron chi connectivity index (χ1n) is 7.32. The topological polar surface area (TPSA) is 108 Å². The Hall–Kier alpha value is -2.48. The first kappa shape index (κ1) is 16.9. The third-order valence-corrected chi connectivity index (χ3v) is 3.41. The van der Waals surface area contributed by atoms with Crippen molar-refractivity contribution in [2.24, 2.45) is 0 Å². The molecular weight excluding hydrogens is 304 g/mol. The van der Waals surface area contributed by atoms with E-state index in [1.54, 1.807) is 0 Å². The molecule has 2 rings (SSSR count). The maximum absolute atomic E-state index is 11.6. The summed E-state index contributed by atoms with van der Waals surface area (Å²) in [7, 11) is 0. The molecule has 1 fully saturated rings. The number of nitrogens with one attached hydrogen (secondary N) is 1. The molecule has 0 saturated carbocycles. The largest absolute Gasteiger partial charge is 0.455 e. The van der Waals surface area contributed by atoms with Gasteiger partial charge in [0.05, 0.1) is 17.4 Å². The monoisotopic (exact) mass is 322 g/mol. The second-order valence-corrected chi connectivity index (χ2v) is 5.20. The number of esters is 1. The number of nitrogens with zero attached hydrogens (tertiary/aromatic N) is 1. The summed E-state index contributed by atoms with van der Waals surface area (Å²) in [6.45, 7) is 0.780. The first-order valence-corrected chi connectivity index (χ1v) is 7.32. The Morgan fingerprint density at radius 2 is 2.09 bits per heavy atom. The molecule has 1 N–H and O–H groups in total. The average molecular weight is 322 g/mol. The smallest absolute Gasteiger partial charge is 0.310 e. The zero-order chi connectivity index (χ0) is 16.7. The van der Waals surface area contributed by atoms with Crippen LogP contribution < -0.4 is 5.32 Å². The summed E-state index contributed by atoms with van der Waals surface area (Å²) >= 11 is 0. The van der Waals surface area contributed by atoms with Crippen molar-refractivity contribution in [3.05, 3.63) is 39.9 Å². The second-order valence-electron chi connectivity index (χ2n) is 5.20. The van der Waals surface area contributed by atoms with Gasteiger partial charge in [-0.05, 0) is 18.4 Å². The number of hydrogen-bond acceptors (Lipinski definition) is 6. The molecule has 8 heteroatoms. The lowest BCUT2D eigenvalue weighted by Crippen LogP contribution is -2.35. The standard InChI is InChI=1S/C15H18N2O6/c18-14(16-9-13-2-1-7-22-13)10-23-15(19)8-11-3-5-12(6-4-11)17(20)21/h3-6,13H,1-2,7-10H2,(H,16,18). The van der Waals surface area contributed by atoms with E-state index in [4.69, 9.17) is 9.47 Å². The minimum absolute atomic E-state index is 0.0368. The molecule has 0 radical (unpaired) electrons. The highest BCUT2D eigenvalue weighted by Crippen LogP contribution is 2.12. The number of nitro groups is 1. The van der Waals surface area contributed by atoms with Crippen molar-refractivity contribution in [1.29, 1.82) is 0 Å². The fourth-order valence-electron chi connectivity index (χ4n) is 2.18. The van der Waals surface area contributed by atoms with Gasteiger partial charge in [-0.1, -0.05) is 12.1 Å².